The van der Waals surface area contributed by atoms with Crippen LogP contribution in [-0.4, -0.2) is 115 Å². The van der Waals surface area contributed by atoms with Crippen molar-refractivity contribution in [1.82, 2.24) is 29.2 Å². The monoisotopic (exact) mass is 546 g/mol. The molecule has 1 N–H and O–H groups in total. The number of methoxy groups -OCH3 is 1. The van der Waals surface area contributed by atoms with Gasteiger partial charge >= 0.3 is 0 Å². The molecule has 11 heteroatoms. The molecule has 0 spiro atoms. The maximum atomic E-state index is 13.3. The second kappa shape index (κ2) is 11.2. The Kier molecular flexibility index (Phi) is 8.12. The van der Waals surface area contributed by atoms with Crippen LogP contribution in [0.2, 0.25) is 0 Å². The van der Waals surface area contributed by atoms with Crippen LogP contribution in [0, 0.1) is 0 Å². The fourth-order valence-electron chi connectivity index (χ4n) is 6.57. The minimum atomic E-state index is -3.13. The second-order valence-corrected chi connectivity index (χ2v) is 13.4. The van der Waals surface area contributed by atoms with Gasteiger partial charge in [-0.3, -0.25) is 19.3 Å². The van der Waals surface area contributed by atoms with Crippen molar-refractivity contribution in [3.05, 3.63) is 30.0 Å². The third-order valence-electron chi connectivity index (χ3n) is 8.55. The highest BCUT2D eigenvalue weighted by atomic mass is 32.2. The third kappa shape index (κ3) is 5.77. The number of hydrogen-bond acceptors (Lipinski definition) is 7. The quantitative estimate of drug-likeness (QED) is 0.513. The molecule has 3 fully saturated rings. The first-order chi connectivity index (χ1) is 18.1. The number of fused-ring (bicyclic) bond motifs is 3. The van der Waals surface area contributed by atoms with Crippen LogP contribution in [0.5, 0.6) is 0 Å². The summed E-state index contributed by atoms with van der Waals surface area (Å²) in [7, 11) is -1.35. The van der Waals surface area contributed by atoms with Crippen LogP contribution in [0.4, 0.5) is 0 Å². The van der Waals surface area contributed by atoms with Crippen LogP contribution in [0.25, 0.3) is 10.9 Å². The Balaban J connectivity index is 1.17. The lowest BCUT2D eigenvalue weighted by molar-refractivity contribution is 0.00306. The molecule has 2 bridgehead atoms. The zero-order valence-corrected chi connectivity index (χ0v) is 23.9. The normalized spacial score (nSPS) is 26.3. The Morgan fingerprint density at radius 2 is 1.74 bits per heavy atom. The molecule has 0 radical (unpaired) electrons. The molecule has 4 heterocycles. The molecule has 1 aromatic carbocycles. The molecular formula is C27H42N6O4S. The predicted molar refractivity (Wildman–Crippen MR) is 148 cm³/mol. The van der Waals surface area contributed by atoms with Crippen molar-refractivity contribution in [1.29, 1.82) is 0 Å². The van der Waals surface area contributed by atoms with Gasteiger partial charge < -0.3 is 10.1 Å². The van der Waals surface area contributed by atoms with Gasteiger partial charge in [-0.1, -0.05) is 18.2 Å². The van der Waals surface area contributed by atoms with Gasteiger partial charge in [0.25, 0.3) is 5.91 Å². The Morgan fingerprint density at radius 1 is 1.08 bits per heavy atom. The van der Waals surface area contributed by atoms with E-state index in [2.05, 4.69) is 34.1 Å². The van der Waals surface area contributed by atoms with Crippen LogP contribution in [0.15, 0.2) is 24.3 Å². The van der Waals surface area contributed by atoms with Crippen molar-refractivity contribution in [2.75, 3.05) is 52.6 Å². The number of aromatic nitrogens is 2. The van der Waals surface area contributed by atoms with Gasteiger partial charge in [-0.2, -0.15) is 9.40 Å². The molecule has 1 amide bonds. The van der Waals surface area contributed by atoms with Crippen molar-refractivity contribution >= 4 is 26.8 Å². The van der Waals surface area contributed by atoms with E-state index in [1.807, 2.05) is 28.9 Å². The molecule has 0 aliphatic carbocycles. The maximum Gasteiger partial charge on any atom is 0.272 e. The van der Waals surface area contributed by atoms with Gasteiger partial charge in [0.15, 0.2) is 5.69 Å². The summed E-state index contributed by atoms with van der Waals surface area (Å²) in [4.78, 5) is 18.2. The summed E-state index contributed by atoms with van der Waals surface area (Å²) < 4.78 is 33.0. The van der Waals surface area contributed by atoms with Crippen molar-refractivity contribution in [2.45, 2.75) is 69.8 Å². The SMILES string of the molecule is COC(CN1CCN(S(C)(=O)=O)CC1)CN1[C@@H]2CC[C@H]1C[C@H](NC(=O)c1nn(C(C)C)c3ccccc13)C2. The number of piperazine rings is 1. The van der Waals surface area contributed by atoms with Crippen LogP contribution >= 0.6 is 0 Å². The number of amides is 1. The van der Waals surface area contributed by atoms with Gasteiger partial charge in [0.05, 0.1) is 17.9 Å². The van der Waals surface area contributed by atoms with Gasteiger partial charge in [-0.15, -0.1) is 0 Å². The molecule has 5 rings (SSSR count). The zero-order valence-electron chi connectivity index (χ0n) is 23.0. The number of sulfonamides is 1. The average molecular weight is 547 g/mol. The summed E-state index contributed by atoms with van der Waals surface area (Å²) in [6.45, 7) is 8.36. The summed E-state index contributed by atoms with van der Waals surface area (Å²) >= 11 is 0. The highest BCUT2D eigenvalue weighted by Gasteiger charge is 2.42. The summed E-state index contributed by atoms with van der Waals surface area (Å²) in [5.41, 5.74) is 1.50. The molecule has 4 atom stereocenters. The number of benzene rings is 1. The standard InChI is InChI=1S/C27H42N6O4S/c1-19(2)33-25-8-6-5-7-24(25)26(29-33)27(34)28-20-15-21-9-10-22(16-20)32(21)18-23(37-3)17-30-11-13-31(14-12-30)38(4,35)36/h5-8,19-23H,9-18H2,1-4H3,(H,28,34)/t20-,21-,22+,23?. The van der Waals surface area contributed by atoms with Crippen molar-refractivity contribution in [3.63, 3.8) is 0 Å². The number of carbonyl (C=O) groups is 1. The third-order valence-corrected chi connectivity index (χ3v) is 9.85. The molecule has 10 nitrogen and oxygen atoms in total. The highest BCUT2D eigenvalue weighted by molar-refractivity contribution is 7.88. The van der Waals surface area contributed by atoms with Gasteiger partial charge in [0.1, 0.15) is 0 Å². The molecule has 0 saturated carbocycles. The van der Waals surface area contributed by atoms with E-state index in [1.54, 1.807) is 11.4 Å². The van der Waals surface area contributed by atoms with Gasteiger partial charge in [0, 0.05) is 75.9 Å². The van der Waals surface area contributed by atoms with Crippen LogP contribution in [0.3, 0.4) is 0 Å². The van der Waals surface area contributed by atoms with Crippen molar-refractivity contribution in [2.24, 2.45) is 0 Å². The topological polar surface area (TPSA) is 100 Å². The largest absolute Gasteiger partial charge is 0.379 e. The van der Waals surface area contributed by atoms with E-state index in [0.29, 0.717) is 30.9 Å². The molecule has 2 aromatic rings. The molecular weight excluding hydrogens is 504 g/mol. The number of rotatable bonds is 9. The van der Waals surface area contributed by atoms with E-state index in [0.717, 1.165) is 62.8 Å². The van der Waals surface area contributed by atoms with Crippen LogP contribution in [-0.2, 0) is 14.8 Å². The lowest BCUT2D eigenvalue weighted by Gasteiger charge is -2.41. The first-order valence-electron chi connectivity index (χ1n) is 13.9. The smallest absolute Gasteiger partial charge is 0.272 e. The molecule has 1 unspecified atom stereocenters. The van der Waals surface area contributed by atoms with Gasteiger partial charge in [-0.05, 0) is 45.6 Å². The van der Waals surface area contributed by atoms with Gasteiger partial charge in [-0.25, -0.2) is 8.42 Å². The molecule has 1 aromatic heterocycles. The predicted octanol–water partition coefficient (Wildman–Crippen LogP) is 1.93. The summed E-state index contributed by atoms with van der Waals surface area (Å²) in [5.74, 6) is -0.0820. The fourth-order valence-corrected chi connectivity index (χ4v) is 7.39. The minimum absolute atomic E-state index is 0.0698. The number of nitrogens with zero attached hydrogens (tertiary/aromatic N) is 5. The number of ether oxygens (including phenoxy) is 1. The molecule has 38 heavy (non-hydrogen) atoms. The highest BCUT2D eigenvalue weighted by Crippen LogP contribution is 2.36. The Morgan fingerprint density at radius 3 is 2.34 bits per heavy atom. The van der Waals surface area contributed by atoms with E-state index in [1.165, 1.54) is 6.26 Å². The molecule has 3 aliphatic heterocycles. The molecule has 3 saturated heterocycles. The number of hydrogen-bond donors (Lipinski definition) is 1. The average Bonchev–Trinajstić information content (AvgIpc) is 3.38. The number of para-hydroxylation sites is 1. The molecule has 3 aliphatic rings. The van der Waals surface area contributed by atoms with E-state index in [4.69, 9.17) is 4.74 Å². The van der Waals surface area contributed by atoms with Crippen LogP contribution in [0.1, 0.15) is 56.1 Å². The minimum Gasteiger partial charge on any atom is -0.379 e. The Bertz CT molecular complexity index is 1230. The Labute approximate surface area is 226 Å². The fraction of sp³-hybridized carbons (Fsp3) is 0.704. The summed E-state index contributed by atoms with van der Waals surface area (Å²) in [6.07, 6.45) is 5.52. The lowest BCUT2D eigenvalue weighted by Crippen LogP contribution is -2.55. The molecule has 210 valence electrons. The van der Waals surface area contributed by atoms with E-state index in [-0.39, 0.29) is 24.1 Å². The number of piperidine rings is 1. The first-order valence-corrected chi connectivity index (χ1v) is 15.7. The second-order valence-electron chi connectivity index (χ2n) is 11.4. The maximum absolute atomic E-state index is 13.3. The van der Waals surface area contributed by atoms with E-state index in [9.17, 15) is 13.2 Å². The van der Waals surface area contributed by atoms with Crippen molar-refractivity contribution in [3.8, 4) is 0 Å². The summed E-state index contributed by atoms with van der Waals surface area (Å²) in [5, 5.41) is 8.90. The first kappa shape index (κ1) is 27.5. The van der Waals surface area contributed by atoms with Crippen molar-refractivity contribution < 1.29 is 17.9 Å². The van der Waals surface area contributed by atoms with E-state index >= 15 is 0 Å². The Hall–Kier alpha value is -2.05. The number of nitrogens with one attached hydrogen (secondary N) is 1. The lowest BCUT2D eigenvalue weighted by atomic mass is 9.96. The van der Waals surface area contributed by atoms with Crippen LogP contribution < -0.4 is 5.32 Å². The zero-order chi connectivity index (χ0) is 27.0. The van der Waals surface area contributed by atoms with E-state index < -0.39 is 10.0 Å². The summed E-state index contributed by atoms with van der Waals surface area (Å²) in [6, 6.07) is 9.14. The number of carbonyl (C=O) groups excluding carboxylic acids is 1. The van der Waals surface area contributed by atoms with Gasteiger partial charge in [0.2, 0.25) is 10.0 Å².